The van der Waals surface area contributed by atoms with Crippen molar-refractivity contribution in [2.45, 2.75) is 12.5 Å². The minimum atomic E-state index is -0.427. The van der Waals surface area contributed by atoms with E-state index in [-0.39, 0.29) is 25.0 Å². The van der Waals surface area contributed by atoms with Crippen molar-refractivity contribution in [3.8, 4) is 0 Å². The fourth-order valence-electron chi connectivity index (χ4n) is 1.44. The molecule has 1 heterocycles. The van der Waals surface area contributed by atoms with Crippen LogP contribution in [0.5, 0.6) is 0 Å². The third-order valence-corrected chi connectivity index (χ3v) is 2.23. The fraction of sp³-hybridized carbons (Fsp3) is 0.778. The molecule has 0 aliphatic carbocycles. The number of β-amino-alcohol motifs (C(OH)–C–C–N with tert-alkyl or cyclic N) is 1. The Morgan fingerprint density at radius 1 is 1.60 bits per heavy atom. The minimum Gasteiger partial charge on any atom is -0.391 e. The minimum absolute atomic E-state index is 0.0328. The average molecular weight is 216 g/mol. The normalized spacial score (nSPS) is 20.4. The van der Waals surface area contributed by atoms with Gasteiger partial charge in [0.2, 0.25) is 11.8 Å². The number of carbonyl (C=O) groups excluding carboxylic acids is 2. The van der Waals surface area contributed by atoms with E-state index in [1.165, 1.54) is 12.0 Å². The van der Waals surface area contributed by atoms with Crippen LogP contribution >= 0.6 is 0 Å². The predicted molar refractivity (Wildman–Crippen MR) is 52.1 cm³/mol. The van der Waals surface area contributed by atoms with Gasteiger partial charge in [0.1, 0.15) is 6.61 Å². The third kappa shape index (κ3) is 3.85. The summed E-state index contributed by atoms with van der Waals surface area (Å²) in [6.07, 6.45) is 0.182. The molecule has 2 amide bonds. The van der Waals surface area contributed by atoms with Crippen molar-refractivity contribution in [1.29, 1.82) is 0 Å². The zero-order valence-corrected chi connectivity index (χ0v) is 8.73. The average Bonchev–Trinajstić information content (AvgIpc) is 2.62. The number of amides is 2. The Labute approximate surface area is 88.2 Å². The van der Waals surface area contributed by atoms with Gasteiger partial charge in [-0.25, -0.2) is 0 Å². The van der Waals surface area contributed by atoms with Gasteiger partial charge < -0.3 is 20.1 Å². The van der Waals surface area contributed by atoms with E-state index in [9.17, 15) is 14.7 Å². The van der Waals surface area contributed by atoms with E-state index in [1.807, 2.05) is 0 Å². The zero-order chi connectivity index (χ0) is 11.3. The predicted octanol–water partition coefficient (Wildman–Crippen LogP) is -1.66. The van der Waals surface area contributed by atoms with Crippen molar-refractivity contribution in [2.24, 2.45) is 0 Å². The van der Waals surface area contributed by atoms with Crippen LogP contribution in [-0.2, 0) is 14.3 Å². The number of carbonyl (C=O) groups is 2. The lowest BCUT2D eigenvalue weighted by molar-refractivity contribution is -0.133. The third-order valence-electron chi connectivity index (χ3n) is 2.23. The van der Waals surface area contributed by atoms with Crippen LogP contribution in [0.25, 0.3) is 0 Å². The van der Waals surface area contributed by atoms with Crippen LogP contribution in [0.3, 0.4) is 0 Å². The maximum Gasteiger partial charge on any atom is 0.246 e. The lowest BCUT2D eigenvalue weighted by Crippen LogP contribution is -2.40. The summed E-state index contributed by atoms with van der Waals surface area (Å²) in [7, 11) is 1.41. The number of aliphatic hydroxyl groups is 1. The molecule has 6 nitrogen and oxygen atoms in total. The molecule has 0 radical (unpaired) electrons. The molecule has 0 aromatic heterocycles. The molecule has 1 aliphatic rings. The highest BCUT2D eigenvalue weighted by molar-refractivity contribution is 5.85. The maximum atomic E-state index is 11.5. The van der Waals surface area contributed by atoms with Crippen molar-refractivity contribution in [2.75, 3.05) is 33.4 Å². The molecule has 2 N–H and O–H groups in total. The summed E-state index contributed by atoms with van der Waals surface area (Å²) in [5, 5.41) is 11.6. The number of methoxy groups -OCH3 is 1. The monoisotopic (exact) mass is 216 g/mol. The first-order chi connectivity index (χ1) is 7.13. The van der Waals surface area contributed by atoms with Crippen LogP contribution < -0.4 is 5.32 Å². The topological polar surface area (TPSA) is 78.9 Å². The Hall–Kier alpha value is -1.14. The molecular formula is C9H16N2O4. The van der Waals surface area contributed by atoms with Gasteiger partial charge in [-0.3, -0.25) is 9.59 Å². The van der Waals surface area contributed by atoms with Gasteiger partial charge in [-0.05, 0) is 6.42 Å². The van der Waals surface area contributed by atoms with Gasteiger partial charge in [-0.2, -0.15) is 0 Å². The second-order valence-corrected chi connectivity index (χ2v) is 3.49. The summed E-state index contributed by atoms with van der Waals surface area (Å²) in [5.41, 5.74) is 0. The zero-order valence-electron chi connectivity index (χ0n) is 8.73. The highest BCUT2D eigenvalue weighted by Crippen LogP contribution is 2.07. The van der Waals surface area contributed by atoms with Gasteiger partial charge >= 0.3 is 0 Å². The summed E-state index contributed by atoms with van der Waals surface area (Å²) in [4.78, 5) is 24.0. The summed E-state index contributed by atoms with van der Waals surface area (Å²) in [6.45, 7) is 0.837. The van der Waals surface area contributed by atoms with Gasteiger partial charge in [-0.1, -0.05) is 0 Å². The second kappa shape index (κ2) is 5.67. The molecule has 6 heteroatoms. The molecule has 0 saturated carbocycles. The number of nitrogens with zero attached hydrogens (tertiary/aromatic N) is 1. The number of ether oxygens (including phenoxy) is 1. The molecule has 1 saturated heterocycles. The molecular weight excluding hydrogens is 200 g/mol. The largest absolute Gasteiger partial charge is 0.391 e. The summed E-state index contributed by atoms with van der Waals surface area (Å²) < 4.78 is 4.60. The van der Waals surface area contributed by atoms with E-state index >= 15 is 0 Å². The number of rotatable bonds is 4. The Balaban J connectivity index is 2.21. The molecule has 86 valence electrons. The lowest BCUT2D eigenvalue weighted by atomic mass is 10.3. The first kappa shape index (κ1) is 11.9. The Morgan fingerprint density at radius 2 is 2.33 bits per heavy atom. The summed E-state index contributed by atoms with van der Waals surface area (Å²) in [6, 6.07) is 0. The summed E-state index contributed by atoms with van der Waals surface area (Å²) in [5.74, 6) is -0.485. The number of aliphatic hydroxyl groups excluding tert-OH is 1. The molecule has 1 unspecified atom stereocenters. The van der Waals surface area contributed by atoms with Crippen LogP contribution in [0.4, 0.5) is 0 Å². The fourth-order valence-corrected chi connectivity index (χ4v) is 1.44. The lowest BCUT2D eigenvalue weighted by Gasteiger charge is -2.15. The molecule has 1 fully saturated rings. The van der Waals surface area contributed by atoms with Crippen molar-refractivity contribution in [3.05, 3.63) is 0 Å². The van der Waals surface area contributed by atoms with Crippen LogP contribution in [-0.4, -0.2) is 61.3 Å². The standard InChI is InChI=1S/C9H16N2O4/c1-15-6-8(13)10-4-9(14)11-3-2-7(12)5-11/h7,12H,2-6H2,1H3,(H,10,13). The second-order valence-electron chi connectivity index (χ2n) is 3.49. The molecule has 0 spiro atoms. The summed E-state index contributed by atoms with van der Waals surface area (Å²) >= 11 is 0. The highest BCUT2D eigenvalue weighted by atomic mass is 16.5. The van der Waals surface area contributed by atoms with E-state index in [4.69, 9.17) is 0 Å². The maximum absolute atomic E-state index is 11.5. The number of hydrogen-bond donors (Lipinski definition) is 2. The van der Waals surface area contributed by atoms with Gasteiger partial charge in [0.25, 0.3) is 0 Å². The van der Waals surface area contributed by atoms with Crippen molar-refractivity contribution in [1.82, 2.24) is 10.2 Å². The van der Waals surface area contributed by atoms with Crippen molar-refractivity contribution >= 4 is 11.8 Å². The first-order valence-electron chi connectivity index (χ1n) is 4.85. The van der Waals surface area contributed by atoms with Crippen LogP contribution in [0.15, 0.2) is 0 Å². The molecule has 1 rings (SSSR count). The highest BCUT2D eigenvalue weighted by Gasteiger charge is 2.24. The van der Waals surface area contributed by atoms with Gasteiger partial charge in [0.05, 0.1) is 12.6 Å². The Morgan fingerprint density at radius 3 is 2.87 bits per heavy atom. The SMILES string of the molecule is COCC(=O)NCC(=O)N1CCC(O)C1. The smallest absolute Gasteiger partial charge is 0.246 e. The molecule has 1 atom stereocenters. The van der Waals surface area contributed by atoms with Crippen LogP contribution in [0.1, 0.15) is 6.42 Å². The molecule has 0 bridgehead atoms. The van der Waals surface area contributed by atoms with Crippen LogP contribution in [0.2, 0.25) is 0 Å². The van der Waals surface area contributed by atoms with Crippen LogP contribution in [0, 0.1) is 0 Å². The molecule has 0 aromatic carbocycles. The van der Waals surface area contributed by atoms with E-state index in [2.05, 4.69) is 10.1 Å². The van der Waals surface area contributed by atoms with Gasteiger partial charge in [-0.15, -0.1) is 0 Å². The van der Waals surface area contributed by atoms with E-state index in [0.29, 0.717) is 19.5 Å². The quantitative estimate of drug-likeness (QED) is 0.589. The van der Waals surface area contributed by atoms with E-state index in [1.54, 1.807) is 0 Å². The number of nitrogens with one attached hydrogen (secondary N) is 1. The Kier molecular flexibility index (Phi) is 4.51. The number of likely N-dealkylation sites (tertiary alicyclic amines) is 1. The van der Waals surface area contributed by atoms with Crippen molar-refractivity contribution < 1.29 is 19.4 Å². The van der Waals surface area contributed by atoms with E-state index < -0.39 is 6.10 Å². The molecule has 15 heavy (non-hydrogen) atoms. The Bertz CT molecular complexity index is 244. The van der Waals surface area contributed by atoms with Crippen molar-refractivity contribution in [3.63, 3.8) is 0 Å². The number of hydrogen-bond acceptors (Lipinski definition) is 4. The molecule has 1 aliphatic heterocycles. The first-order valence-corrected chi connectivity index (χ1v) is 4.85. The van der Waals surface area contributed by atoms with E-state index in [0.717, 1.165) is 0 Å². The van der Waals surface area contributed by atoms with Gasteiger partial charge in [0, 0.05) is 20.2 Å². The van der Waals surface area contributed by atoms with Gasteiger partial charge in [0.15, 0.2) is 0 Å². The molecule has 0 aromatic rings.